The molecule has 0 spiro atoms. The minimum atomic E-state index is 0.309. The predicted octanol–water partition coefficient (Wildman–Crippen LogP) is 10.9. The number of rotatable bonds is 5. The van der Waals surface area contributed by atoms with Gasteiger partial charge in [-0.2, -0.15) is 0 Å². The summed E-state index contributed by atoms with van der Waals surface area (Å²) in [6.07, 6.45) is 12.7. The third-order valence-electron chi connectivity index (χ3n) is 10.8. The molecule has 0 radical (unpaired) electrons. The molecule has 10 rings (SSSR count). The number of fused-ring (bicyclic) bond motifs is 6. The SMILES string of the molecule is C1=C(c2ccccc2)CCC(n2c3c(c4ccccc42)=CC(c2ccc4c(c2)c2ccccc2n4-c2ccc(-c4ccccc4)cc2)CC=3)=C1. The molecule has 0 saturated heterocycles. The van der Waals surface area contributed by atoms with Gasteiger partial charge in [-0.25, -0.2) is 0 Å². The molecular formula is C48H36N2. The number of nitrogens with zero attached hydrogens (tertiary/aromatic N) is 2. The van der Waals surface area contributed by atoms with Gasteiger partial charge in [-0.15, -0.1) is 0 Å². The zero-order chi connectivity index (χ0) is 33.0. The van der Waals surface area contributed by atoms with Gasteiger partial charge in [0.2, 0.25) is 0 Å². The van der Waals surface area contributed by atoms with Gasteiger partial charge in [-0.05, 0) is 89.6 Å². The molecule has 2 aliphatic carbocycles. The summed E-state index contributed by atoms with van der Waals surface area (Å²) >= 11 is 0. The highest BCUT2D eigenvalue weighted by atomic mass is 15.0. The smallest absolute Gasteiger partial charge is 0.0541 e. The van der Waals surface area contributed by atoms with Crippen LogP contribution >= 0.6 is 0 Å². The van der Waals surface area contributed by atoms with Crippen molar-refractivity contribution in [2.75, 3.05) is 0 Å². The number of hydrogen-bond acceptors (Lipinski definition) is 0. The fourth-order valence-corrected chi connectivity index (χ4v) is 8.35. The van der Waals surface area contributed by atoms with Crippen molar-refractivity contribution in [3.63, 3.8) is 0 Å². The molecule has 0 fully saturated rings. The average Bonchev–Trinajstić information content (AvgIpc) is 3.71. The first kappa shape index (κ1) is 28.9. The van der Waals surface area contributed by atoms with Gasteiger partial charge >= 0.3 is 0 Å². The Morgan fingerprint density at radius 2 is 1.12 bits per heavy atom. The standard InChI is InChI=1S/C48H36N2/c1-3-11-33(12-4-1)35-19-25-39(26-20-35)49-45-17-9-7-15-41(45)43-31-37(23-29-47(43)49)38-24-30-48-44(32-38)42-16-8-10-18-46(42)50(48)40-27-21-36(22-28-40)34-13-5-2-6-14-34/h1-21,23,25-27,29-32,38H,22,24,28H2. The molecular weight excluding hydrogens is 605 g/mol. The predicted molar refractivity (Wildman–Crippen MR) is 212 cm³/mol. The van der Waals surface area contributed by atoms with Gasteiger partial charge in [0, 0.05) is 44.0 Å². The summed E-state index contributed by atoms with van der Waals surface area (Å²) in [6.45, 7) is 0. The zero-order valence-corrected chi connectivity index (χ0v) is 27.8. The van der Waals surface area contributed by atoms with Crippen LogP contribution < -0.4 is 10.6 Å². The molecule has 0 saturated carbocycles. The number of para-hydroxylation sites is 2. The molecule has 1 unspecified atom stereocenters. The van der Waals surface area contributed by atoms with Crippen molar-refractivity contribution in [1.82, 2.24) is 9.13 Å². The van der Waals surface area contributed by atoms with Crippen molar-refractivity contribution in [3.05, 3.63) is 186 Å². The summed E-state index contributed by atoms with van der Waals surface area (Å²) in [7, 11) is 0. The van der Waals surface area contributed by atoms with E-state index in [1.807, 2.05) is 0 Å². The van der Waals surface area contributed by atoms with Crippen LogP contribution in [0.4, 0.5) is 0 Å². The lowest BCUT2D eigenvalue weighted by atomic mass is 9.90. The number of allylic oxidation sites excluding steroid dienone is 4. The lowest BCUT2D eigenvalue weighted by Crippen LogP contribution is -2.32. The number of aromatic nitrogens is 2. The van der Waals surface area contributed by atoms with Crippen molar-refractivity contribution < 1.29 is 0 Å². The zero-order valence-electron chi connectivity index (χ0n) is 27.8. The average molecular weight is 641 g/mol. The minimum absolute atomic E-state index is 0.309. The van der Waals surface area contributed by atoms with Crippen LogP contribution in [-0.4, -0.2) is 9.13 Å². The minimum Gasteiger partial charge on any atom is -0.313 e. The lowest BCUT2D eigenvalue weighted by molar-refractivity contribution is 0.898. The first-order chi connectivity index (χ1) is 24.8. The molecule has 2 nitrogen and oxygen atoms in total. The Balaban J connectivity index is 1.06. The van der Waals surface area contributed by atoms with Gasteiger partial charge in [0.05, 0.1) is 16.6 Å². The quantitative estimate of drug-likeness (QED) is 0.177. The molecule has 0 N–H and O–H groups in total. The van der Waals surface area contributed by atoms with E-state index in [9.17, 15) is 0 Å². The van der Waals surface area contributed by atoms with Gasteiger partial charge < -0.3 is 9.13 Å². The molecule has 8 aromatic rings. The summed E-state index contributed by atoms with van der Waals surface area (Å²) in [4.78, 5) is 0. The Kier molecular flexibility index (Phi) is 6.80. The van der Waals surface area contributed by atoms with Crippen LogP contribution in [0.5, 0.6) is 0 Å². The molecule has 0 aliphatic heterocycles. The molecule has 2 heteroatoms. The van der Waals surface area contributed by atoms with Gasteiger partial charge in [0.15, 0.2) is 0 Å². The maximum Gasteiger partial charge on any atom is 0.0541 e. The second-order valence-electron chi connectivity index (χ2n) is 13.6. The van der Waals surface area contributed by atoms with Crippen LogP contribution in [0.3, 0.4) is 0 Å². The van der Waals surface area contributed by atoms with E-state index in [2.05, 4.69) is 185 Å². The van der Waals surface area contributed by atoms with Crippen LogP contribution in [0.15, 0.2) is 164 Å². The fraction of sp³-hybridized carbons (Fsp3) is 0.0833. The van der Waals surface area contributed by atoms with Crippen LogP contribution in [-0.2, 0) is 0 Å². The summed E-state index contributed by atoms with van der Waals surface area (Å²) < 4.78 is 4.94. The van der Waals surface area contributed by atoms with Crippen molar-refractivity contribution in [2.45, 2.75) is 25.2 Å². The highest BCUT2D eigenvalue weighted by Crippen LogP contribution is 2.36. The molecule has 0 bridgehead atoms. The Bertz CT molecular complexity index is 2760. The normalized spacial score (nSPS) is 15.7. The number of benzene rings is 6. The van der Waals surface area contributed by atoms with E-state index in [-0.39, 0.29) is 0 Å². The van der Waals surface area contributed by atoms with Gasteiger partial charge in [-0.3, -0.25) is 0 Å². The maximum absolute atomic E-state index is 2.53. The third-order valence-corrected chi connectivity index (χ3v) is 10.8. The van der Waals surface area contributed by atoms with Gasteiger partial charge in [0.25, 0.3) is 0 Å². The fourth-order valence-electron chi connectivity index (χ4n) is 8.35. The van der Waals surface area contributed by atoms with Crippen LogP contribution in [0.2, 0.25) is 0 Å². The molecule has 2 aromatic heterocycles. The first-order valence-electron chi connectivity index (χ1n) is 17.8. The molecule has 50 heavy (non-hydrogen) atoms. The Morgan fingerprint density at radius 1 is 0.480 bits per heavy atom. The largest absolute Gasteiger partial charge is 0.313 e. The molecule has 6 aromatic carbocycles. The maximum atomic E-state index is 2.53. The van der Waals surface area contributed by atoms with E-state index in [0.29, 0.717) is 5.92 Å². The molecule has 1 atom stereocenters. The Hall–Kier alpha value is -6.12. The summed E-state index contributed by atoms with van der Waals surface area (Å²) in [5, 5.41) is 6.62. The third kappa shape index (κ3) is 4.71. The van der Waals surface area contributed by atoms with Gasteiger partial charge in [0.1, 0.15) is 0 Å². The molecule has 2 heterocycles. The van der Waals surface area contributed by atoms with Crippen molar-refractivity contribution in [3.8, 4) is 16.8 Å². The van der Waals surface area contributed by atoms with E-state index in [0.717, 1.165) is 19.3 Å². The highest BCUT2D eigenvalue weighted by molar-refractivity contribution is 6.09. The van der Waals surface area contributed by atoms with E-state index in [1.54, 1.807) is 0 Å². The second kappa shape index (κ2) is 11.8. The van der Waals surface area contributed by atoms with Crippen molar-refractivity contribution in [2.24, 2.45) is 0 Å². The number of hydrogen-bond donors (Lipinski definition) is 0. The van der Waals surface area contributed by atoms with Crippen molar-refractivity contribution >= 4 is 56.1 Å². The first-order valence-corrected chi connectivity index (χ1v) is 17.8. The van der Waals surface area contributed by atoms with Crippen LogP contribution in [0, 0.1) is 0 Å². The second-order valence-corrected chi connectivity index (χ2v) is 13.6. The summed E-state index contributed by atoms with van der Waals surface area (Å²) in [5.41, 5.74) is 12.9. The van der Waals surface area contributed by atoms with E-state index in [1.165, 1.54) is 82.5 Å². The summed E-state index contributed by atoms with van der Waals surface area (Å²) in [5.74, 6) is 0.309. The molecule has 238 valence electrons. The van der Waals surface area contributed by atoms with Gasteiger partial charge in [-0.1, -0.05) is 133 Å². The van der Waals surface area contributed by atoms with E-state index >= 15 is 0 Å². The lowest BCUT2D eigenvalue weighted by Gasteiger charge is -2.19. The van der Waals surface area contributed by atoms with Crippen LogP contribution in [0.1, 0.15) is 36.3 Å². The highest BCUT2D eigenvalue weighted by Gasteiger charge is 2.20. The molecule has 0 amide bonds. The molecule has 2 aliphatic rings. The monoisotopic (exact) mass is 640 g/mol. The summed E-state index contributed by atoms with van der Waals surface area (Å²) in [6, 6.07) is 55.3. The Labute approximate surface area is 291 Å². The van der Waals surface area contributed by atoms with Crippen molar-refractivity contribution in [1.29, 1.82) is 0 Å². The van der Waals surface area contributed by atoms with Crippen LogP contribution in [0.25, 0.3) is 72.9 Å². The van der Waals surface area contributed by atoms with E-state index < -0.39 is 0 Å². The Morgan fingerprint density at radius 3 is 1.86 bits per heavy atom. The topological polar surface area (TPSA) is 9.86 Å². The van der Waals surface area contributed by atoms with E-state index in [4.69, 9.17) is 0 Å².